The van der Waals surface area contributed by atoms with Gasteiger partial charge in [-0.2, -0.15) is 0 Å². The van der Waals surface area contributed by atoms with E-state index < -0.39 is 0 Å². The number of benzene rings is 2. The maximum atomic E-state index is 13.3. The highest BCUT2D eigenvalue weighted by atomic mass is 35.5. The summed E-state index contributed by atoms with van der Waals surface area (Å²) in [7, 11) is 1.71. The van der Waals surface area contributed by atoms with Crippen molar-refractivity contribution in [3.63, 3.8) is 0 Å². The molecule has 1 aromatic heterocycles. The van der Waals surface area contributed by atoms with Gasteiger partial charge in [0.05, 0.1) is 12.8 Å². The maximum absolute atomic E-state index is 13.3. The second-order valence-corrected chi connectivity index (χ2v) is 10.1. The highest BCUT2D eigenvalue weighted by molar-refractivity contribution is 7.17. The predicted octanol–water partition coefficient (Wildman–Crippen LogP) is 6.13. The number of fused-ring (bicyclic) bond motifs is 1. The summed E-state index contributed by atoms with van der Waals surface area (Å²) < 4.78 is 5.70. The molecule has 0 saturated carbocycles. The van der Waals surface area contributed by atoms with Gasteiger partial charge in [0.15, 0.2) is 0 Å². The van der Waals surface area contributed by atoms with Crippen LogP contribution in [0.3, 0.4) is 0 Å². The van der Waals surface area contributed by atoms with E-state index in [1.54, 1.807) is 7.11 Å². The Kier molecular flexibility index (Phi) is 8.14. The topological polar surface area (TPSA) is 45.7 Å². The van der Waals surface area contributed by atoms with E-state index >= 15 is 0 Å². The first-order valence-corrected chi connectivity index (χ1v) is 12.8. The number of anilines is 1. The van der Waals surface area contributed by atoms with Crippen LogP contribution in [0.4, 0.5) is 5.69 Å². The molecule has 3 aromatic rings. The van der Waals surface area contributed by atoms with Gasteiger partial charge in [0.1, 0.15) is 15.6 Å². The fraction of sp³-hybridized carbons (Fsp3) is 0.385. The molecule has 0 N–H and O–H groups in total. The minimum Gasteiger partial charge on any atom is -0.496 e. The zero-order valence-corrected chi connectivity index (χ0v) is 21.6. The van der Waals surface area contributed by atoms with Crippen LogP contribution in [0.15, 0.2) is 42.5 Å². The van der Waals surface area contributed by atoms with Gasteiger partial charge in [0, 0.05) is 35.3 Å². The number of amides is 1. The number of carbonyl (C=O) groups excluding carboxylic acids is 1. The van der Waals surface area contributed by atoms with E-state index in [0.29, 0.717) is 11.6 Å². The Morgan fingerprint density at radius 2 is 1.85 bits per heavy atom. The van der Waals surface area contributed by atoms with Crippen LogP contribution in [0.1, 0.15) is 40.2 Å². The fourth-order valence-corrected chi connectivity index (χ4v) is 5.89. The van der Waals surface area contributed by atoms with Crippen molar-refractivity contribution in [2.24, 2.45) is 0 Å². The van der Waals surface area contributed by atoms with Gasteiger partial charge in [-0.25, -0.2) is 4.98 Å². The average molecular weight is 519 g/mol. The monoisotopic (exact) mass is 517 g/mol. The van der Waals surface area contributed by atoms with Crippen molar-refractivity contribution in [1.82, 2.24) is 9.88 Å². The number of rotatable bonds is 7. The largest absolute Gasteiger partial charge is 0.496 e. The predicted molar refractivity (Wildman–Crippen MR) is 142 cm³/mol. The molecule has 1 saturated heterocycles. The average Bonchev–Trinajstić information content (AvgIpc) is 3.51. The number of aromatic nitrogens is 1. The number of ether oxygens (including phenoxy) is 1. The lowest BCUT2D eigenvalue weighted by molar-refractivity contribution is 0.0984. The molecule has 2 aromatic carbocycles. The second kappa shape index (κ2) is 11.1. The number of hydrogen-bond acceptors (Lipinski definition) is 5. The van der Waals surface area contributed by atoms with Gasteiger partial charge in [-0.3, -0.25) is 4.79 Å². The van der Waals surface area contributed by atoms with Crippen LogP contribution < -0.4 is 9.64 Å². The van der Waals surface area contributed by atoms with E-state index in [0.717, 1.165) is 58.4 Å². The number of aryl methyl sites for hydroxylation is 1. The van der Waals surface area contributed by atoms with Gasteiger partial charge in [-0.15, -0.1) is 23.7 Å². The van der Waals surface area contributed by atoms with E-state index in [1.165, 1.54) is 42.8 Å². The molecule has 3 heterocycles. The van der Waals surface area contributed by atoms with Crippen molar-refractivity contribution in [2.75, 3.05) is 38.2 Å². The Bertz CT molecular complexity index is 1140. The number of likely N-dealkylation sites (tertiary alicyclic amines) is 1. The summed E-state index contributed by atoms with van der Waals surface area (Å²) in [5, 5.41) is 1.55. The lowest BCUT2D eigenvalue weighted by atomic mass is 10.1. The molecule has 5 nitrogen and oxygen atoms in total. The molecular weight excluding hydrogens is 489 g/mol. The minimum absolute atomic E-state index is 0. The summed E-state index contributed by atoms with van der Waals surface area (Å²) in [6.07, 6.45) is 5.49. The van der Waals surface area contributed by atoms with Crippen LogP contribution in [0.5, 0.6) is 5.75 Å². The maximum Gasteiger partial charge on any atom is 0.270 e. The minimum atomic E-state index is 0. The summed E-state index contributed by atoms with van der Waals surface area (Å²) in [6, 6.07) is 13.8. The molecule has 0 unspecified atom stereocenters. The molecule has 1 fully saturated rings. The van der Waals surface area contributed by atoms with E-state index in [4.69, 9.17) is 21.3 Å². The number of methoxy groups -OCH3 is 1. The first-order chi connectivity index (χ1) is 16.1. The first kappa shape index (κ1) is 25.0. The van der Waals surface area contributed by atoms with Gasteiger partial charge < -0.3 is 14.5 Å². The third kappa shape index (κ3) is 5.25. The molecule has 1 amide bonds. The molecule has 34 heavy (non-hydrogen) atoms. The smallest absolute Gasteiger partial charge is 0.270 e. The number of carbonyl (C=O) groups is 1. The van der Waals surface area contributed by atoms with Crippen LogP contribution in [0.25, 0.3) is 10.6 Å². The van der Waals surface area contributed by atoms with Crippen LogP contribution in [-0.2, 0) is 12.8 Å². The van der Waals surface area contributed by atoms with Gasteiger partial charge in [0.2, 0.25) is 0 Å². The number of nitrogens with zero attached hydrogens (tertiary/aromatic N) is 3. The van der Waals surface area contributed by atoms with Crippen molar-refractivity contribution >= 4 is 46.9 Å². The summed E-state index contributed by atoms with van der Waals surface area (Å²) in [5.74, 6) is 0.872. The SMILES string of the molecule is COc1cc(N2CCc3nc(-c4ccc(Cl)cc4)sc3C2=O)ccc1CCCN1CCCC1.Cl. The standard InChI is InChI=1S/C26H28ClN3O2S.ClH/c1-32-23-17-21(11-8-18(23)5-4-15-29-13-2-3-14-29)30-16-12-22-24(26(30)31)33-25(28-22)19-6-9-20(27)10-7-19;/h6-11,17H,2-5,12-16H2,1H3;1H. The summed E-state index contributed by atoms with van der Waals surface area (Å²) in [4.78, 5) is 23.2. The molecular formula is C26H29Cl2N3O2S. The molecule has 0 aliphatic carbocycles. The van der Waals surface area contributed by atoms with Crippen LogP contribution in [0.2, 0.25) is 5.02 Å². The Morgan fingerprint density at radius 1 is 1.09 bits per heavy atom. The van der Waals surface area contributed by atoms with E-state index in [-0.39, 0.29) is 18.3 Å². The van der Waals surface area contributed by atoms with Gasteiger partial charge in [-0.1, -0.05) is 29.8 Å². The second-order valence-electron chi connectivity index (χ2n) is 8.66. The summed E-state index contributed by atoms with van der Waals surface area (Å²) >= 11 is 7.47. The molecule has 180 valence electrons. The van der Waals surface area contributed by atoms with Gasteiger partial charge in [-0.05, 0) is 69.1 Å². The molecule has 2 aliphatic rings. The van der Waals surface area contributed by atoms with Crippen LogP contribution >= 0.6 is 35.3 Å². The molecule has 0 atom stereocenters. The van der Waals surface area contributed by atoms with Crippen molar-refractivity contribution in [3.8, 4) is 16.3 Å². The normalized spacial score (nSPS) is 15.8. The Balaban J connectivity index is 0.00000274. The van der Waals surface area contributed by atoms with E-state index in [9.17, 15) is 4.79 Å². The number of hydrogen-bond donors (Lipinski definition) is 0. The van der Waals surface area contributed by atoms with Gasteiger partial charge >= 0.3 is 0 Å². The van der Waals surface area contributed by atoms with E-state index in [1.807, 2.05) is 35.2 Å². The third-order valence-corrected chi connectivity index (χ3v) is 7.89. The summed E-state index contributed by atoms with van der Waals surface area (Å²) in [5.41, 5.74) is 3.95. The molecule has 2 aliphatic heterocycles. The first-order valence-electron chi connectivity index (χ1n) is 11.6. The molecule has 5 rings (SSSR count). The third-order valence-electron chi connectivity index (χ3n) is 6.50. The number of halogens is 2. The molecule has 8 heteroatoms. The van der Waals surface area contributed by atoms with Crippen molar-refractivity contribution in [1.29, 1.82) is 0 Å². The zero-order chi connectivity index (χ0) is 22.8. The lowest BCUT2D eigenvalue weighted by Crippen LogP contribution is -2.36. The lowest BCUT2D eigenvalue weighted by Gasteiger charge is -2.27. The van der Waals surface area contributed by atoms with Crippen LogP contribution in [0, 0.1) is 0 Å². The van der Waals surface area contributed by atoms with Crippen molar-refractivity contribution in [3.05, 3.63) is 63.6 Å². The fourth-order valence-electron chi connectivity index (χ4n) is 4.70. The Morgan fingerprint density at radius 3 is 2.59 bits per heavy atom. The van der Waals surface area contributed by atoms with E-state index in [2.05, 4.69) is 17.0 Å². The van der Waals surface area contributed by atoms with Gasteiger partial charge in [0.25, 0.3) is 5.91 Å². The molecule has 0 spiro atoms. The highest BCUT2D eigenvalue weighted by Gasteiger charge is 2.30. The zero-order valence-electron chi connectivity index (χ0n) is 19.3. The molecule has 0 bridgehead atoms. The molecule has 0 radical (unpaired) electrons. The summed E-state index contributed by atoms with van der Waals surface area (Å²) in [6.45, 7) is 4.21. The Hall–Kier alpha value is -2.12. The van der Waals surface area contributed by atoms with Crippen LogP contribution in [-0.4, -0.2) is 49.1 Å². The number of thiazole rings is 1. The highest BCUT2D eigenvalue weighted by Crippen LogP contribution is 2.35. The Labute approximate surface area is 216 Å². The van der Waals surface area contributed by atoms with Crippen molar-refractivity contribution in [2.45, 2.75) is 32.1 Å². The quantitative estimate of drug-likeness (QED) is 0.378. The van der Waals surface area contributed by atoms with Crippen molar-refractivity contribution < 1.29 is 9.53 Å².